The fourth-order valence-corrected chi connectivity index (χ4v) is 2.33. The van der Waals surface area contributed by atoms with Crippen LogP contribution in [0.3, 0.4) is 0 Å². The molecule has 0 saturated carbocycles. The van der Waals surface area contributed by atoms with Gasteiger partial charge < -0.3 is 0 Å². The molecule has 0 amide bonds. The molecule has 0 bridgehead atoms. The minimum absolute atomic E-state index is 0.795. The van der Waals surface area contributed by atoms with Gasteiger partial charge in [-0.2, -0.15) is 5.26 Å². The van der Waals surface area contributed by atoms with Crippen LogP contribution < -0.4 is 0 Å². The summed E-state index contributed by atoms with van der Waals surface area (Å²) in [5, 5.41) is 9.98. The van der Waals surface area contributed by atoms with Gasteiger partial charge in [0.1, 0.15) is 10.9 Å². The Hall–Kier alpha value is -1.33. The smallest absolute Gasteiger partial charge is 0.110 e. The quantitative estimate of drug-likeness (QED) is 0.620. The van der Waals surface area contributed by atoms with E-state index < -0.39 is 0 Å². The molecular weight excluding hydrogens is 178 g/mol. The molecule has 1 aromatic heterocycles. The average Bonchev–Trinajstić information content (AvgIpc) is 2.55. The van der Waals surface area contributed by atoms with Gasteiger partial charge in [-0.1, -0.05) is 6.07 Å². The number of benzene rings is 1. The highest BCUT2D eigenvalue weighted by Crippen LogP contribution is 2.29. The van der Waals surface area contributed by atoms with Crippen molar-refractivity contribution in [3.05, 3.63) is 34.2 Å². The fraction of sp³-hybridized carbons (Fsp3) is 0.182. The van der Waals surface area contributed by atoms with E-state index in [2.05, 4.69) is 32.0 Å². The largest absolute Gasteiger partial charge is 0.192 e. The van der Waals surface area contributed by atoms with Gasteiger partial charge >= 0.3 is 0 Å². The summed E-state index contributed by atoms with van der Waals surface area (Å²) in [6, 6.07) is 8.35. The number of hydrogen-bond acceptors (Lipinski definition) is 2. The lowest BCUT2D eigenvalue weighted by Gasteiger charge is -1.99. The van der Waals surface area contributed by atoms with Crippen LogP contribution in [0.5, 0.6) is 0 Å². The first-order chi connectivity index (χ1) is 6.22. The Morgan fingerprint density at radius 2 is 2.08 bits per heavy atom. The predicted molar refractivity (Wildman–Crippen MR) is 56.0 cm³/mol. The number of nitrogens with zero attached hydrogens (tertiary/aromatic N) is 1. The van der Waals surface area contributed by atoms with E-state index in [0.717, 1.165) is 4.88 Å². The van der Waals surface area contributed by atoms with Gasteiger partial charge in [-0.15, -0.1) is 11.3 Å². The summed E-state index contributed by atoms with van der Waals surface area (Å²) in [6.07, 6.45) is 0. The van der Waals surface area contributed by atoms with E-state index in [1.807, 2.05) is 6.07 Å². The van der Waals surface area contributed by atoms with E-state index in [-0.39, 0.29) is 0 Å². The van der Waals surface area contributed by atoms with E-state index in [0.29, 0.717) is 0 Å². The molecule has 2 heteroatoms. The van der Waals surface area contributed by atoms with E-state index in [1.54, 1.807) is 11.3 Å². The zero-order valence-electron chi connectivity index (χ0n) is 7.59. The minimum Gasteiger partial charge on any atom is -0.192 e. The summed E-state index contributed by atoms with van der Waals surface area (Å²) in [7, 11) is 0. The van der Waals surface area contributed by atoms with Gasteiger partial charge in [-0.25, -0.2) is 0 Å². The molecule has 0 radical (unpaired) electrons. The van der Waals surface area contributed by atoms with Crippen LogP contribution in [0.2, 0.25) is 0 Å². The van der Waals surface area contributed by atoms with Crippen molar-refractivity contribution in [1.82, 2.24) is 0 Å². The van der Waals surface area contributed by atoms with Crippen LogP contribution in [0.4, 0.5) is 0 Å². The van der Waals surface area contributed by atoms with E-state index in [4.69, 9.17) is 5.26 Å². The van der Waals surface area contributed by atoms with Crippen molar-refractivity contribution in [1.29, 1.82) is 5.26 Å². The zero-order chi connectivity index (χ0) is 9.42. The van der Waals surface area contributed by atoms with Crippen LogP contribution in [0.25, 0.3) is 10.1 Å². The Morgan fingerprint density at radius 3 is 2.77 bits per heavy atom. The first kappa shape index (κ1) is 8.28. The second-order valence-electron chi connectivity index (χ2n) is 3.14. The van der Waals surface area contributed by atoms with Gasteiger partial charge in [-0.05, 0) is 42.5 Å². The molecule has 0 unspecified atom stereocenters. The standard InChI is InChI=1S/C11H9NS/c1-7-3-4-11-10(8(7)2)5-9(6-12)13-11/h3-5H,1-2H3. The maximum Gasteiger partial charge on any atom is 0.110 e. The van der Waals surface area contributed by atoms with Crippen molar-refractivity contribution in [2.45, 2.75) is 13.8 Å². The van der Waals surface area contributed by atoms with Crippen LogP contribution in [0.1, 0.15) is 16.0 Å². The fourth-order valence-electron chi connectivity index (χ4n) is 1.42. The third-order valence-electron chi connectivity index (χ3n) is 2.35. The molecule has 1 aromatic carbocycles. The van der Waals surface area contributed by atoms with Crippen molar-refractivity contribution in [2.24, 2.45) is 0 Å². The molecule has 0 fully saturated rings. The van der Waals surface area contributed by atoms with Gasteiger partial charge in [0.05, 0.1) is 0 Å². The first-order valence-corrected chi connectivity index (χ1v) is 4.94. The summed E-state index contributed by atoms with van der Waals surface area (Å²) >= 11 is 1.56. The molecule has 1 heterocycles. The van der Waals surface area contributed by atoms with E-state index in [1.165, 1.54) is 21.2 Å². The number of rotatable bonds is 0. The normalized spacial score (nSPS) is 10.2. The molecule has 2 aromatic rings. The molecule has 0 aliphatic heterocycles. The van der Waals surface area contributed by atoms with Crippen LogP contribution >= 0.6 is 11.3 Å². The van der Waals surface area contributed by atoms with E-state index in [9.17, 15) is 0 Å². The van der Waals surface area contributed by atoms with Gasteiger partial charge in [0, 0.05) is 4.70 Å². The second-order valence-corrected chi connectivity index (χ2v) is 4.23. The molecule has 0 N–H and O–H groups in total. The molecule has 2 rings (SSSR count). The third-order valence-corrected chi connectivity index (χ3v) is 3.36. The Bertz CT molecular complexity index is 503. The lowest BCUT2D eigenvalue weighted by molar-refractivity contribution is 1.39. The Morgan fingerprint density at radius 1 is 1.31 bits per heavy atom. The molecule has 0 saturated heterocycles. The van der Waals surface area contributed by atoms with Crippen LogP contribution in [0, 0.1) is 25.2 Å². The predicted octanol–water partition coefficient (Wildman–Crippen LogP) is 3.39. The van der Waals surface area contributed by atoms with Gasteiger partial charge in [0.15, 0.2) is 0 Å². The van der Waals surface area contributed by atoms with Crippen molar-refractivity contribution in [3.8, 4) is 6.07 Å². The van der Waals surface area contributed by atoms with Gasteiger partial charge in [0.25, 0.3) is 0 Å². The number of hydrogen-bond donors (Lipinski definition) is 0. The maximum absolute atomic E-state index is 8.76. The highest BCUT2D eigenvalue weighted by Gasteiger charge is 2.04. The van der Waals surface area contributed by atoms with Crippen LogP contribution in [-0.4, -0.2) is 0 Å². The van der Waals surface area contributed by atoms with Crippen molar-refractivity contribution < 1.29 is 0 Å². The Balaban J connectivity index is 2.86. The molecule has 64 valence electrons. The molecule has 0 aliphatic rings. The van der Waals surface area contributed by atoms with Crippen LogP contribution in [-0.2, 0) is 0 Å². The third kappa shape index (κ3) is 1.22. The summed E-state index contributed by atoms with van der Waals surface area (Å²) in [4.78, 5) is 0.795. The molecule has 0 aliphatic carbocycles. The van der Waals surface area contributed by atoms with Gasteiger partial charge in [0.2, 0.25) is 0 Å². The monoisotopic (exact) mass is 187 g/mol. The number of thiophene rings is 1. The van der Waals surface area contributed by atoms with Gasteiger partial charge in [-0.3, -0.25) is 0 Å². The topological polar surface area (TPSA) is 23.8 Å². The first-order valence-electron chi connectivity index (χ1n) is 4.12. The molecule has 0 spiro atoms. The second kappa shape index (κ2) is 2.86. The summed E-state index contributed by atoms with van der Waals surface area (Å²) in [5.41, 5.74) is 2.57. The number of aryl methyl sites for hydroxylation is 2. The van der Waals surface area contributed by atoms with Crippen LogP contribution in [0.15, 0.2) is 18.2 Å². The van der Waals surface area contributed by atoms with Crippen molar-refractivity contribution >= 4 is 21.4 Å². The maximum atomic E-state index is 8.76. The average molecular weight is 187 g/mol. The lowest BCUT2D eigenvalue weighted by Crippen LogP contribution is -1.78. The number of fused-ring (bicyclic) bond motifs is 1. The Kier molecular flexibility index (Phi) is 1.82. The lowest BCUT2D eigenvalue weighted by atomic mass is 10.1. The minimum atomic E-state index is 0.795. The summed E-state index contributed by atoms with van der Waals surface area (Å²) < 4.78 is 1.21. The molecular formula is C11H9NS. The SMILES string of the molecule is Cc1ccc2sc(C#N)cc2c1C. The molecule has 13 heavy (non-hydrogen) atoms. The highest BCUT2D eigenvalue weighted by atomic mass is 32.1. The molecule has 0 atom stereocenters. The number of nitriles is 1. The summed E-state index contributed by atoms with van der Waals surface area (Å²) in [6.45, 7) is 4.20. The highest BCUT2D eigenvalue weighted by molar-refractivity contribution is 7.19. The molecule has 1 nitrogen and oxygen atoms in total. The Labute approximate surface area is 81.2 Å². The summed E-state index contributed by atoms with van der Waals surface area (Å²) in [5.74, 6) is 0. The van der Waals surface area contributed by atoms with E-state index >= 15 is 0 Å². The van der Waals surface area contributed by atoms with Crippen molar-refractivity contribution in [3.63, 3.8) is 0 Å². The zero-order valence-corrected chi connectivity index (χ0v) is 8.40. The van der Waals surface area contributed by atoms with Crippen molar-refractivity contribution in [2.75, 3.05) is 0 Å².